The van der Waals surface area contributed by atoms with E-state index in [0.29, 0.717) is 10.7 Å². The standard InChI is InChI=1S/C15H13ClFNO/c1-2-10-3-6-12(7-4-10)18-15(19)13-9-11(16)5-8-14(13)17/h3-9H,2H2,1H3,(H,18,19). The van der Waals surface area contributed by atoms with E-state index in [2.05, 4.69) is 12.2 Å². The smallest absolute Gasteiger partial charge is 0.258 e. The average molecular weight is 278 g/mol. The van der Waals surface area contributed by atoms with Gasteiger partial charge in [0, 0.05) is 10.7 Å². The summed E-state index contributed by atoms with van der Waals surface area (Å²) in [6.07, 6.45) is 0.928. The lowest BCUT2D eigenvalue weighted by molar-refractivity contribution is 0.102. The molecule has 0 spiro atoms. The van der Waals surface area contributed by atoms with Crippen LogP contribution in [-0.2, 0) is 6.42 Å². The molecule has 0 unspecified atom stereocenters. The maximum absolute atomic E-state index is 13.5. The number of halogens is 2. The van der Waals surface area contributed by atoms with Crippen molar-refractivity contribution in [2.75, 3.05) is 5.32 Å². The second-order valence-electron chi connectivity index (χ2n) is 4.13. The van der Waals surface area contributed by atoms with Crippen LogP contribution in [0.1, 0.15) is 22.8 Å². The molecule has 0 fully saturated rings. The van der Waals surface area contributed by atoms with Crippen molar-refractivity contribution < 1.29 is 9.18 Å². The number of anilines is 1. The lowest BCUT2D eigenvalue weighted by Crippen LogP contribution is -2.13. The second kappa shape index (κ2) is 5.85. The Bertz CT molecular complexity index is 596. The molecule has 0 atom stereocenters. The molecule has 0 aliphatic carbocycles. The lowest BCUT2D eigenvalue weighted by Gasteiger charge is -2.07. The van der Waals surface area contributed by atoms with E-state index in [1.165, 1.54) is 23.8 Å². The monoisotopic (exact) mass is 277 g/mol. The van der Waals surface area contributed by atoms with Crippen molar-refractivity contribution >= 4 is 23.2 Å². The van der Waals surface area contributed by atoms with Crippen molar-refractivity contribution in [2.45, 2.75) is 13.3 Å². The van der Waals surface area contributed by atoms with Crippen molar-refractivity contribution in [3.63, 3.8) is 0 Å². The Morgan fingerprint density at radius 3 is 2.53 bits per heavy atom. The molecular weight excluding hydrogens is 265 g/mol. The maximum atomic E-state index is 13.5. The topological polar surface area (TPSA) is 29.1 Å². The fraction of sp³-hybridized carbons (Fsp3) is 0.133. The zero-order chi connectivity index (χ0) is 13.8. The Morgan fingerprint density at radius 2 is 1.89 bits per heavy atom. The lowest BCUT2D eigenvalue weighted by atomic mass is 10.1. The van der Waals surface area contributed by atoms with Crippen LogP contribution in [-0.4, -0.2) is 5.91 Å². The highest BCUT2D eigenvalue weighted by molar-refractivity contribution is 6.31. The first-order valence-corrected chi connectivity index (χ1v) is 6.33. The summed E-state index contributed by atoms with van der Waals surface area (Å²) in [5.41, 5.74) is 1.74. The van der Waals surface area contributed by atoms with Crippen LogP contribution in [0.3, 0.4) is 0 Å². The number of aryl methyl sites for hydroxylation is 1. The molecule has 0 aliphatic heterocycles. The second-order valence-corrected chi connectivity index (χ2v) is 4.57. The van der Waals surface area contributed by atoms with Gasteiger partial charge in [0.15, 0.2) is 0 Å². The zero-order valence-electron chi connectivity index (χ0n) is 10.4. The summed E-state index contributed by atoms with van der Waals surface area (Å²) in [6.45, 7) is 2.05. The molecule has 1 amide bonds. The summed E-state index contributed by atoms with van der Waals surface area (Å²) in [4.78, 5) is 11.9. The molecule has 2 rings (SSSR count). The average Bonchev–Trinajstić information content (AvgIpc) is 2.42. The van der Waals surface area contributed by atoms with Gasteiger partial charge < -0.3 is 5.32 Å². The summed E-state index contributed by atoms with van der Waals surface area (Å²) in [6, 6.07) is 11.3. The first kappa shape index (κ1) is 13.6. The highest BCUT2D eigenvalue weighted by atomic mass is 35.5. The summed E-state index contributed by atoms with van der Waals surface area (Å²) in [5.74, 6) is -1.10. The Kier molecular flexibility index (Phi) is 4.17. The SMILES string of the molecule is CCc1ccc(NC(=O)c2cc(Cl)ccc2F)cc1. The van der Waals surface area contributed by atoms with Gasteiger partial charge in [0.25, 0.3) is 5.91 Å². The molecule has 0 saturated heterocycles. The van der Waals surface area contributed by atoms with Crippen molar-refractivity contribution in [3.8, 4) is 0 Å². The van der Waals surface area contributed by atoms with E-state index in [4.69, 9.17) is 11.6 Å². The number of hydrogen-bond donors (Lipinski definition) is 1. The number of rotatable bonds is 3. The molecule has 4 heteroatoms. The summed E-state index contributed by atoms with van der Waals surface area (Å²) >= 11 is 5.76. The van der Waals surface area contributed by atoms with Crippen molar-refractivity contribution in [2.24, 2.45) is 0 Å². The molecule has 2 aromatic carbocycles. The summed E-state index contributed by atoms with van der Waals surface area (Å²) < 4.78 is 13.5. The molecule has 0 aromatic heterocycles. The van der Waals surface area contributed by atoms with Crippen LogP contribution in [0.4, 0.5) is 10.1 Å². The van der Waals surface area contributed by atoms with Crippen LogP contribution in [0.5, 0.6) is 0 Å². The predicted octanol–water partition coefficient (Wildman–Crippen LogP) is 4.29. The summed E-state index contributed by atoms with van der Waals surface area (Å²) in [5, 5.41) is 2.97. The van der Waals surface area contributed by atoms with Gasteiger partial charge in [0.1, 0.15) is 5.82 Å². The van der Waals surface area contributed by atoms with Crippen LogP contribution in [0.15, 0.2) is 42.5 Å². The molecule has 0 bridgehead atoms. The number of amides is 1. The third-order valence-corrected chi connectivity index (χ3v) is 3.03. The normalized spacial score (nSPS) is 10.3. The van der Waals surface area contributed by atoms with Gasteiger partial charge in [-0.1, -0.05) is 30.7 Å². The first-order chi connectivity index (χ1) is 9.10. The van der Waals surface area contributed by atoms with Crippen molar-refractivity contribution in [1.29, 1.82) is 0 Å². The Hall–Kier alpha value is -1.87. The number of carbonyl (C=O) groups excluding carboxylic acids is 1. The molecule has 2 aromatic rings. The largest absolute Gasteiger partial charge is 0.322 e. The van der Waals surface area contributed by atoms with E-state index >= 15 is 0 Å². The molecule has 0 radical (unpaired) electrons. The Morgan fingerprint density at radius 1 is 1.21 bits per heavy atom. The van der Waals surface area contributed by atoms with Gasteiger partial charge in [-0.15, -0.1) is 0 Å². The van der Waals surface area contributed by atoms with E-state index in [1.54, 1.807) is 12.1 Å². The molecule has 0 aliphatic rings. The van der Waals surface area contributed by atoms with Crippen molar-refractivity contribution in [1.82, 2.24) is 0 Å². The molecule has 0 heterocycles. The Labute approximate surface area is 116 Å². The van der Waals surface area contributed by atoms with E-state index < -0.39 is 11.7 Å². The minimum absolute atomic E-state index is 0.0629. The number of carbonyl (C=O) groups is 1. The van der Waals surface area contributed by atoms with Gasteiger partial charge in [0.2, 0.25) is 0 Å². The minimum atomic E-state index is -0.591. The minimum Gasteiger partial charge on any atom is -0.322 e. The van der Waals surface area contributed by atoms with Crippen LogP contribution in [0.25, 0.3) is 0 Å². The van der Waals surface area contributed by atoms with E-state index in [-0.39, 0.29) is 5.56 Å². The highest BCUT2D eigenvalue weighted by Gasteiger charge is 2.12. The third kappa shape index (κ3) is 3.32. The fourth-order valence-electron chi connectivity index (χ4n) is 1.69. The molecular formula is C15H13ClFNO. The molecule has 0 saturated carbocycles. The molecule has 1 N–H and O–H groups in total. The van der Waals surface area contributed by atoms with Gasteiger partial charge >= 0.3 is 0 Å². The van der Waals surface area contributed by atoms with Gasteiger partial charge in [-0.2, -0.15) is 0 Å². The highest BCUT2D eigenvalue weighted by Crippen LogP contribution is 2.17. The summed E-state index contributed by atoms with van der Waals surface area (Å²) in [7, 11) is 0. The van der Waals surface area contributed by atoms with Gasteiger partial charge in [-0.05, 0) is 42.3 Å². The third-order valence-electron chi connectivity index (χ3n) is 2.79. The van der Waals surface area contributed by atoms with Gasteiger partial charge in [-0.25, -0.2) is 4.39 Å². The predicted molar refractivity (Wildman–Crippen MR) is 75.2 cm³/mol. The number of nitrogens with one attached hydrogen (secondary N) is 1. The first-order valence-electron chi connectivity index (χ1n) is 5.95. The van der Waals surface area contributed by atoms with Crippen LogP contribution >= 0.6 is 11.6 Å². The quantitative estimate of drug-likeness (QED) is 0.891. The Balaban J connectivity index is 2.18. The van der Waals surface area contributed by atoms with Crippen LogP contribution < -0.4 is 5.32 Å². The zero-order valence-corrected chi connectivity index (χ0v) is 11.2. The van der Waals surface area contributed by atoms with E-state index in [9.17, 15) is 9.18 Å². The van der Waals surface area contributed by atoms with Gasteiger partial charge in [-0.3, -0.25) is 4.79 Å². The number of benzene rings is 2. The fourth-order valence-corrected chi connectivity index (χ4v) is 1.87. The van der Waals surface area contributed by atoms with Crippen LogP contribution in [0, 0.1) is 5.82 Å². The molecule has 19 heavy (non-hydrogen) atoms. The van der Waals surface area contributed by atoms with Crippen LogP contribution in [0.2, 0.25) is 5.02 Å². The molecule has 98 valence electrons. The van der Waals surface area contributed by atoms with E-state index in [0.717, 1.165) is 6.42 Å². The van der Waals surface area contributed by atoms with Gasteiger partial charge in [0.05, 0.1) is 5.56 Å². The van der Waals surface area contributed by atoms with E-state index in [1.807, 2.05) is 12.1 Å². The van der Waals surface area contributed by atoms with Crippen molar-refractivity contribution in [3.05, 3.63) is 64.4 Å². The number of hydrogen-bond acceptors (Lipinski definition) is 1. The molecule has 2 nitrogen and oxygen atoms in total. The maximum Gasteiger partial charge on any atom is 0.258 e.